The van der Waals surface area contributed by atoms with Crippen LogP contribution in [0.3, 0.4) is 0 Å². The number of nitrogens with one attached hydrogen (secondary N) is 1. The molecule has 0 bridgehead atoms. The lowest BCUT2D eigenvalue weighted by atomic mass is 9.92. The molecule has 0 radical (unpaired) electrons. The van der Waals surface area contributed by atoms with E-state index in [1.54, 1.807) is 12.1 Å². The van der Waals surface area contributed by atoms with Crippen LogP contribution in [0.4, 0.5) is 0 Å². The fourth-order valence-electron chi connectivity index (χ4n) is 4.01. The number of fused-ring (bicyclic) bond motifs is 1. The first-order valence-electron chi connectivity index (χ1n) is 9.96. The fraction of sp³-hybridized carbons (Fsp3) is 0.120. The monoisotopic (exact) mass is 431 g/mol. The highest BCUT2D eigenvalue weighted by molar-refractivity contribution is 6.31. The lowest BCUT2D eigenvalue weighted by Crippen LogP contribution is -2.10. The van der Waals surface area contributed by atoms with Gasteiger partial charge in [-0.2, -0.15) is 0 Å². The molecule has 5 nitrogen and oxygen atoms in total. The number of halogens is 1. The summed E-state index contributed by atoms with van der Waals surface area (Å²) in [5.41, 5.74) is 11.3. The minimum absolute atomic E-state index is 0.0431. The highest BCUT2D eigenvalue weighted by Crippen LogP contribution is 2.32. The number of carboxylic acids is 1. The van der Waals surface area contributed by atoms with Gasteiger partial charge in [-0.1, -0.05) is 54.1 Å². The van der Waals surface area contributed by atoms with Gasteiger partial charge in [-0.05, 0) is 47.4 Å². The van der Waals surface area contributed by atoms with Crippen molar-refractivity contribution in [2.75, 3.05) is 0 Å². The van der Waals surface area contributed by atoms with Gasteiger partial charge in [-0.3, -0.25) is 5.41 Å². The van der Waals surface area contributed by atoms with Crippen molar-refractivity contribution in [1.82, 2.24) is 4.57 Å². The molecule has 6 heteroatoms. The van der Waals surface area contributed by atoms with Gasteiger partial charge >= 0.3 is 5.97 Å². The van der Waals surface area contributed by atoms with E-state index in [-0.39, 0.29) is 11.4 Å². The largest absolute Gasteiger partial charge is 0.478 e. The molecule has 1 aromatic heterocycles. The number of nitrogens with two attached hydrogens (primary N) is 1. The van der Waals surface area contributed by atoms with Crippen molar-refractivity contribution < 1.29 is 9.90 Å². The average Bonchev–Trinajstić information content (AvgIpc) is 3.11. The van der Waals surface area contributed by atoms with Crippen molar-refractivity contribution in [3.8, 4) is 11.1 Å². The number of carboxylic acid groups (broad SMARTS) is 1. The van der Waals surface area contributed by atoms with Crippen molar-refractivity contribution in [3.63, 3.8) is 0 Å². The number of amidine groups is 1. The lowest BCUT2D eigenvalue weighted by molar-refractivity contribution is 0.0697. The Bertz CT molecular complexity index is 1320. The Labute approximate surface area is 185 Å². The predicted molar refractivity (Wildman–Crippen MR) is 125 cm³/mol. The van der Waals surface area contributed by atoms with Crippen molar-refractivity contribution in [3.05, 3.63) is 94.1 Å². The molecule has 0 fully saturated rings. The SMILES string of the molecule is CCn1cc(Cc2ccccc2-c2ccc(Cl)cc2C(=O)O)c2ccc(C(=N)N)cc21. The predicted octanol–water partition coefficient (Wildman–Crippen LogP) is 5.55. The highest BCUT2D eigenvalue weighted by atomic mass is 35.5. The van der Waals surface area contributed by atoms with E-state index in [2.05, 4.69) is 17.7 Å². The summed E-state index contributed by atoms with van der Waals surface area (Å²) in [4.78, 5) is 11.8. The van der Waals surface area contributed by atoms with Gasteiger partial charge in [0.15, 0.2) is 0 Å². The molecule has 0 spiro atoms. The summed E-state index contributed by atoms with van der Waals surface area (Å²) in [5, 5.41) is 18.9. The van der Waals surface area contributed by atoms with E-state index in [4.69, 9.17) is 22.7 Å². The van der Waals surface area contributed by atoms with E-state index in [1.165, 1.54) is 6.07 Å². The highest BCUT2D eigenvalue weighted by Gasteiger charge is 2.17. The quantitative estimate of drug-likeness (QED) is 0.276. The topological polar surface area (TPSA) is 92.1 Å². The molecule has 31 heavy (non-hydrogen) atoms. The molecule has 0 saturated carbocycles. The van der Waals surface area contributed by atoms with Crippen LogP contribution in [0.2, 0.25) is 5.02 Å². The smallest absolute Gasteiger partial charge is 0.336 e. The zero-order valence-corrected chi connectivity index (χ0v) is 17.8. The molecule has 0 aliphatic heterocycles. The number of benzene rings is 3. The average molecular weight is 432 g/mol. The van der Waals surface area contributed by atoms with Crippen LogP contribution in [-0.4, -0.2) is 21.5 Å². The van der Waals surface area contributed by atoms with Crippen LogP contribution in [0.5, 0.6) is 0 Å². The van der Waals surface area contributed by atoms with Crippen LogP contribution < -0.4 is 5.73 Å². The summed E-state index contributed by atoms with van der Waals surface area (Å²) in [6.07, 6.45) is 2.76. The van der Waals surface area contributed by atoms with Crippen LogP contribution in [-0.2, 0) is 13.0 Å². The first kappa shape index (κ1) is 20.7. The molecule has 4 N–H and O–H groups in total. The molecular formula is C25H22ClN3O2. The van der Waals surface area contributed by atoms with Gasteiger partial charge in [0.05, 0.1) is 5.56 Å². The summed E-state index contributed by atoms with van der Waals surface area (Å²) in [6, 6.07) is 18.6. The summed E-state index contributed by atoms with van der Waals surface area (Å²) in [6.45, 7) is 2.87. The summed E-state index contributed by atoms with van der Waals surface area (Å²) in [7, 11) is 0. The van der Waals surface area contributed by atoms with Gasteiger partial charge in [-0.25, -0.2) is 4.79 Å². The lowest BCUT2D eigenvalue weighted by Gasteiger charge is -2.12. The van der Waals surface area contributed by atoms with E-state index < -0.39 is 5.97 Å². The third-order valence-corrected chi connectivity index (χ3v) is 5.75. The third kappa shape index (κ3) is 3.92. The van der Waals surface area contributed by atoms with Crippen molar-refractivity contribution >= 4 is 34.3 Å². The summed E-state index contributed by atoms with van der Waals surface area (Å²) < 4.78 is 2.14. The maximum atomic E-state index is 11.8. The van der Waals surface area contributed by atoms with Gasteiger partial charge < -0.3 is 15.4 Å². The van der Waals surface area contributed by atoms with Crippen LogP contribution in [0.15, 0.2) is 66.9 Å². The van der Waals surface area contributed by atoms with Gasteiger partial charge in [0.25, 0.3) is 0 Å². The Kier molecular flexibility index (Phi) is 5.53. The van der Waals surface area contributed by atoms with Crippen molar-refractivity contribution in [1.29, 1.82) is 5.41 Å². The van der Waals surface area contributed by atoms with Crippen LogP contribution in [0, 0.1) is 5.41 Å². The molecule has 0 saturated heterocycles. The molecule has 1 heterocycles. The molecule has 0 aliphatic carbocycles. The van der Waals surface area contributed by atoms with Gasteiger partial charge in [0.1, 0.15) is 5.84 Å². The third-order valence-electron chi connectivity index (χ3n) is 5.52. The minimum atomic E-state index is -1.01. The molecule has 4 aromatic rings. The Morgan fingerprint density at radius 1 is 1.06 bits per heavy atom. The Balaban J connectivity index is 1.84. The zero-order chi connectivity index (χ0) is 22.1. The standard InChI is InChI=1S/C25H22ClN3O2/c1-2-29-14-17(20-9-7-16(24(27)28)12-23(20)29)11-15-5-3-4-6-19(15)21-10-8-18(26)13-22(21)25(30)31/h3-10,12-14H,2,11H2,1H3,(H3,27,28)(H,30,31). The molecule has 0 atom stereocenters. The number of rotatable bonds is 6. The molecule has 0 amide bonds. The number of aryl methyl sites for hydroxylation is 1. The van der Waals surface area contributed by atoms with E-state index in [0.29, 0.717) is 22.6 Å². The Morgan fingerprint density at radius 2 is 1.84 bits per heavy atom. The Hall–Kier alpha value is -3.57. The normalized spacial score (nSPS) is 11.0. The van der Waals surface area contributed by atoms with Gasteiger partial charge in [0, 0.05) is 40.7 Å². The summed E-state index contributed by atoms with van der Waals surface area (Å²) >= 11 is 6.05. The van der Waals surface area contributed by atoms with Gasteiger partial charge in [-0.15, -0.1) is 0 Å². The number of carbonyl (C=O) groups is 1. The minimum Gasteiger partial charge on any atom is -0.478 e. The number of aromatic nitrogens is 1. The van der Waals surface area contributed by atoms with Crippen LogP contribution in [0.25, 0.3) is 22.0 Å². The second-order valence-corrected chi connectivity index (χ2v) is 7.85. The van der Waals surface area contributed by atoms with E-state index >= 15 is 0 Å². The maximum Gasteiger partial charge on any atom is 0.336 e. The number of aromatic carboxylic acids is 1. The van der Waals surface area contributed by atoms with E-state index in [9.17, 15) is 9.90 Å². The van der Waals surface area contributed by atoms with Gasteiger partial charge in [0.2, 0.25) is 0 Å². The molecule has 3 aromatic carbocycles. The Morgan fingerprint density at radius 3 is 2.55 bits per heavy atom. The second kappa shape index (κ2) is 8.28. The first-order valence-corrected chi connectivity index (χ1v) is 10.3. The van der Waals surface area contributed by atoms with Crippen molar-refractivity contribution in [2.24, 2.45) is 5.73 Å². The summed E-state index contributed by atoms with van der Waals surface area (Å²) in [5.74, 6) is -0.965. The van der Waals surface area contributed by atoms with Crippen molar-refractivity contribution in [2.45, 2.75) is 19.9 Å². The van der Waals surface area contributed by atoms with Crippen LogP contribution >= 0.6 is 11.6 Å². The fourth-order valence-corrected chi connectivity index (χ4v) is 4.18. The van der Waals surface area contributed by atoms with E-state index in [1.807, 2.05) is 42.5 Å². The second-order valence-electron chi connectivity index (χ2n) is 7.41. The van der Waals surface area contributed by atoms with E-state index in [0.717, 1.165) is 34.1 Å². The number of nitrogens with zero attached hydrogens (tertiary/aromatic N) is 1. The zero-order valence-electron chi connectivity index (χ0n) is 17.0. The molecule has 0 unspecified atom stereocenters. The molecule has 0 aliphatic rings. The maximum absolute atomic E-state index is 11.8. The molecule has 4 rings (SSSR count). The number of hydrogen-bond acceptors (Lipinski definition) is 2. The molecular weight excluding hydrogens is 410 g/mol. The molecule has 156 valence electrons. The number of hydrogen-bond donors (Lipinski definition) is 3. The number of nitrogen functional groups attached to an aromatic ring is 1. The van der Waals surface area contributed by atoms with Crippen LogP contribution in [0.1, 0.15) is 34.0 Å². The first-order chi connectivity index (χ1) is 14.9.